The lowest BCUT2D eigenvalue weighted by atomic mass is 10.1. The van der Waals surface area contributed by atoms with Gasteiger partial charge in [-0.15, -0.1) is 0 Å². The third kappa shape index (κ3) is 3.24. The van der Waals surface area contributed by atoms with Gasteiger partial charge in [0.1, 0.15) is 5.76 Å². The van der Waals surface area contributed by atoms with Gasteiger partial charge in [0.05, 0.1) is 18.0 Å². The van der Waals surface area contributed by atoms with E-state index in [1.54, 1.807) is 17.1 Å². The smallest absolute Gasteiger partial charge is 0.254 e. The fraction of sp³-hybridized carbons (Fsp3) is 0.429. The quantitative estimate of drug-likeness (QED) is 0.896. The van der Waals surface area contributed by atoms with E-state index in [-0.39, 0.29) is 11.9 Å². The summed E-state index contributed by atoms with van der Waals surface area (Å²) in [6.07, 6.45) is 4.93. The van der Waals surface area contributed by atoms with E-state index < -0.39 is 0 Å². The number of rotatable bonds is 5. The molecular weight excluding hydrogens is 242 g/mol. The Morgan fingerprint density at radius 3 is 2.95 bits per heavy atom. The molecule has 1 unspecified atom stereocenters. The highest BCUT2D eigenvalue weighted by atomic mass is 16.3. The average molecular weight is 261 g/mol. The molecule has 0 fully saturated rings. The third-order valence-corrected chi connectivity index (χ3v) is 3.26. The molecule has 2 rings (SSSR count). The van der Waals surface area contributed by atoms with Crippen molar-refractivity contribution in [3.63, 3.8) is 0 Å². The predicted molar refractivity (Wildman–Crippen MR) is 71.9 cm³/mol. The van der Waals surface area contributed by atoms with Crippen LogP contribution in [0.2, 0.25) is 0 Å². The fourth-order valence-electron chi connectivity index (χ4n) is 1.91. The highest BCUT2D eigenvalue weighted by molar-refractivity contribution is 5.95. The molecule has 0 aromatic carbocycles. The van der Waals surface area contributed by atoms with Crippen molar-refractivity contribution in [2.45, 2.75) is 32.7 Å². The van der Waals surface area contributed by atoms with Gasteiger partial charge in [0.25, 0.3) is 5.91 Å². The van der Waals surface area contributed by atoms with Crippen LogP contribution in [0.4, 0.5) is 0 Å². The molecule has 19 heavy (non-hydrogen) atoms. The summed E-state index contributed by atoms with van der Waals surface area (Å²) in [4.78, 5) is 12.1. The van der Waals surface area contributed by atoms with Crippen LogP contribution in [0, 0.1) is 6.92 Å². The molecule has 0 aliphatic rings. The van der Waals surface area contributed by atoms with Crippen molar-refractivity contribution in [1.82, 2.24) is 15.1 Å². The number of amides is 1. The van der Waals surface area contributed by atoms with Crippen molar-refractivity contribution >= 4 is 5.91 Å². The van der Waals surface area contributed by atoms with Crippen LogP contribution in [0.25, 0.3) is 0 Å². The van der Waals surface area contributed by atoms with Gasteiger partial charge in [-0.1, -0.05) is 0 Å². The highest BCUT2D eigenvalue weighted by Crippen LogP contribution is 2.08. The van der Waals surface area contributed by atoms with Crippen LogP contribution < -0.4 is 5.32 Å². The minimum Gasteiger partial charge on any atom is -0.469 e. The number of carbonyl (C=O) groups excluding carboxylic acids is 1. The Labute approximate surface area is 112 Å². The van der Waals surface area contributed by atoms with E-state index in [9.17, 15) is 4.79 Å². The summed E-state index contributed by atoms with van der Waals surface area (Å²) in [5.41, 5.74) is 1.50. The number of hydrogen-bond donors (Lipinski definition) is 1. The van der Waals surface area contributed by atoms with Crippen molar-refractivity contribution in [2.24, 2.45) is 7.05 Å². The summed E-state index contributed by atoms with van der Waals surface area (Å²) in [5, 5.41) is 7.05. The lowest BCUT2D eigenvalue weighted by Crippen LogP contribution is -2.33. The van der Waals surface area contributed by atoms with E-state index in [0.29, 0.717) is 5.56 Å². The van der Waals surface area contributed by atoms with E-state index in [4.69, 9.17) is 4.42 Å². The topological polar surface area (TPSA) is 60.1 Å². The van der Waals surface area contributed by atoms with E-state index in [0.717, 1.165) is 24.3 Å². The largest absolute Gasteiger partial charge is 0.469 e. The summed E-state index contributed by atoms with van der Waals surface area (Å²) >= 11 is 0. The molecule has 2 heterocycles. The van der Waals surface area contributed by atoms with Crippen molar-refractivity contribution < 1.29 is 9.21 Å². The Bertz CT molecular complexity index is 543. The molecule has 1 amide bonds. The van der Waals surface area contributed by atoms with Gasteiger partial charge in [0.15, 0.2) is 0 Å². The Balaban J connectivity index is 1.86. The van der Waals surface area contributed by atoms with Crippen LogP contribution in [-0.4, -0.2) is 21.7 Å². The molecule has 5 nitrogen and oxygen atoms in total. The van der Waals surface area contributed by atoms with Crippen LogP contribution >= 0.6 is 0 Å². The summed E-state index contributed by atoms with van der Waals surface area (Å²) < 4.78 is 6.97. The molecule has 0 saturated heterocycles. The van der Waals surface area contributed by atoms with E-state index in [1.807, 2.05) is 33.0 Å². The van der Waals surface area contributed by atoms with Gasteiger partial charge >= 0.3 is 0 Å². The van der Waals surface area contributed by atoms with Crippen molar-refractivity contribution in [3.05, 3.63) is 41.6 Å². The molecule has 0 spiro atoms. The van der Waals surface area contributed by atoms with Crippen LogP contribution in [-0.2, 0) is 13.5 Å². The summed E-state index contributed by atoms with van der Waals surface area (Å²) in [6, 6.07) is 3.91. The molecule has 0 radical (unpaired) electrons. The molecule has 1 N–H and O–H groups in total. The van der Waals surface area contributed by atoms with Gasteiger partial charge < -0.3 is 9.73 Å². The number of nitrogens with one attached hydrogen (secondary N) is 1. The second-order valence-corrected chi connectivity index (χ2v) is 4.76. The SMILES string of the molecule is Cc1c(C(=O)NC(C)CCc2ccco2)cnn1C. The molecule has 102 valence electrons. The van der Waals surface area contributed by atoms with Gasteiger partial charge in [-0.2, -0.15) is 5.10 Å². The standard InChI is InChI=1S/C14H19N3O2/c1-10(6-7-12-5-4-8-19-12)16-14(18)13-9-15-17(3)11(13)2/h4-5,8-10H,6-7H2,1-3H3,(H,16,18). The van der Waals surface area contributed by atoms with Crippen LogP contribution in [0.5, 0.6) is 0 Å². The normalized spacial score (nSPS) is 12.4. The van der Waals surface area contributed by atoms with Gasteiger partial charge in [-0.25, -0.2) is 0 Å². The van der Waals surface area contributed by atoms with Gasteiger partial charge in [-0.05, 0) is 32.4 Å². The zero-order chi connectivity index (χ0) is 13.8. The van der Waals surface area contributed by atoms with E-state index >= 15 is 0 Å². The number of aryl methyl sites for hydroxylation is 2. The molecule has 5 heteroatoms. The number of furan rings is 1. The molecule has 0 aliphatic carbocycles. The third-order valence-electron chi connectivity index (χ3n) is 3.26. The Hall–Kier alpha value is -2.04. The highest BCUT2D eigenvalue weighted by Gasteiger charge is 2.15. The summed E-state index contributed by atoms with van der Waals surface area (Å²) in [6.45, 7) is 3.88. The predicted octanol–water partition coefficient (Wildman–Crippen LogP) is 2.07. The Morgan fingerprint density at radius 1 is 1.58 bits per heavy atom. The fourth-order valence-corrected chi connectivity index (χ4v) is 1.91. The number of hydrogen-bond acceptors (Lipinski definition) is 3. The first-order chi connectivity index (χ1) is 9.08. The molecule has 0 aliphatic heterocycles. The van der Waals surface area contributed by atoms with Crippen molar-refractivity contribution in [3.8, 4) is 0 Å². The number of carbonyl (C=O) groups is 1. The Morgan fingerprint density at radius 2 is 2.37 bits per heavy atom. The molecule has 2 aromatic heterocycles. The molecule has 1 atom stereocenters. The maximum absolute atomic E-state index is 12.1. The minimum atomic E-state index is -0.0717. The molecule has 0 saturated carbocycles. The van der Waals surface area contributed by atoms with Gasteiger partial charge in [0.2, 0.25) is 0 Å². The minimum absolute atomic E-state index is 0.0717. The second kappa shape index (κ2) is 5.73. The average Bonchev–Trinajstić information content (AvgIpc) is 2.98. The second-order valence-electron chi connectivity index (χ2n) is 4.76. The zero-order valence-corrected chi connectivity index (χ0v) is 11.5. The van der Waals surface area contributed by atoms with Crippen molar-refractivity contribution in [1.29, 1.82) is 0 Å². The Kier molecular flexibility index (Phi) is 4.04. The van der Waals surface area contributed by atoms with Crippen LogP contribution in [0.1, 0.15) is 35.2 Å². The molecular formula is C14H19N3O2. The monoisotopic (exact) mass is 261 g/mol. The van der Waals surface area contributed by atoms with Crippen molar-refractivity contribution in [2.75, 3.05) is 0 Å². The molecule has 0 bridgehead atoms. The zero-order valence-electron chi connectivity index (χ0n) is 11.5. The van der Waals surface area contributed by atoms with Gasteiger partial charge in [-0.3, -0.25) is 9.48 Å². The number of aromatic nitrogens is 2. The molecule has 2 aromatic rings. The lowest BCUT2D eigenvalue weighted by molar-refractivity contribution is 0.0937. The maximum Gasteiger partial charge on any atom is 0.254 e. The lowest BCUT2D eigenvalue weighted by Gasteiger charge is -2.12. The summed E-state index contributed by atoms with van der Waals surface area (Å²) in [7, 11) is 1.83. The summed E-state index contributed by atoms with van der Waals surface area (Å²) in [5.74, 6) is 0.871. The van der Waals surface area contributed by atoms with Crippen LogP contribution in [0.15, 0.2) is 29.0 Å². The first-order valence-corrected chi connectivity index (χ1v) is 6.39. The first kappa shape index (κ1) is 13.4. The first-order valence-electron chi connectivity index (χ1n) is 6.39. The maximum atomic E-state index is 12.1. The van der Waals surface area contributed by atoms with E-state index in [2.05, 4.69) is 10.4 Å². The van der Waals surface area contributed by atoms with E-state index in [1.165, 1.54) is 0 Å². The number of nitrogens with zero attached hydrogens (tertiary/aromatic N) is 2. The van der Waals surface area contributed by atoms with Gasteiger partial charge in [0, 0.05) is 25.2 Å². The van der Waals surface area contributed by atoms with Crippen LogP contribution in [0.3, 0.4) is 0 Å².